The molecule has 1 fully saturated rings. The Hall–Kier alpha value is -3.24. The molecule has 0 spiro atoms. The summed E-state index contributed by atoms with van der Waals surface area (Å²) < 4.78 is 12.4. The molecule has 0 unspecified atom stereocenters. The third kappa shape index (κ3) is 7.28. The number of halogens is 3. The van der Waals surface area contributed by atoms with E-state index < -0.39 is 23.6 Å². The van der Waals surface area contributed by atoms with E-state index in [1.165, 1.54) is 7.11 Å². The van der Waals surface area contributed by atoms with Crippen LogP contribution in [0, 0.1) is 0 Å². The molecular formula is C29H23BrCl2N2O5S. The van der Waals surface area contributed by atoms with Gasteiger partial charge in [0.25, 0.3) is 11.1 Å². The zero-order valence-electron chi connectivity index (χ0n) is 21.2. The lowest BCUT2D eigenvalue weighted by Gasteiger charge is -2.16. The quantitative estimate of drug-likeness (QED) is 0.177. The minimum atomic E-state index is -0.564. The van der Waals surface area contributed by atoms with Crippen LogP contribution in [-0.2, 0) is 22.6 Å². The molecule has 40 heavy (non-hydrogen) atoms. The fraction of sp³-hybridized carbons (Fsp3) is 0.138. The van der Waals surface area contributed by atoms with Crippen molar-refractivity contribution in [2.75, 3.05) is 19.0 Å². The number of nitrogens with one attached hydrogen (secondary N) is 1. The standard InChI is InChI=1S/C29H23BrCl2N2O5S/c1-3-4-19-11-18(12-24(38-2)27(19)39-16-17-5-7-20(31)8-6-17)13-25-28(36)34(29(37)40-25)15-26(35)33-21-9-10-22(30)23(32)14-21/h3,5-14H,1,4,15-16H2,2H3,(H,33,35)/b25-13-. The van der Waals surface area contributed by atoms with Crippen molar-refractivity contribution in [3.05, 3.63) is 103 Å². The molecule has 0 saturated carbocycles. The summed E-state index contributed by atoms with van der Waals surface area (Å²) in [6.07, 6.45) is 3.81. The number of imide groups is 1. The molecule has 1 N–H and O–H groups in total. The van der Waals surface area contributed by atoms with Gasteiger partial charge in [-0.15, -0.1) is 6.58 Å². The second-order valence-corrected chi connectivity index (χ2v) is 11.3. The van der Waals surface area contributed by atoms with Gasteiger partial charge in [-0.3, -0.25) is 19.3 Å². The summed E-state index contributed by atoms with van der Waals surface area (Å²) >= 11 is 16.1. The summed E-state index contributed by atoms with van der Waals surface area (Å²) in [5.74, 6) is -0.0796. The Morgan fingerprint density at radius 2 is 1.88 bits per heavy atom. The SMILES string of the molecule is C=CCc1cc(/C=C2\SC(=O)N(CC(=O)Nc3ccc(Br)c(Cl)c3)C2=O)cc(OC)c1OCc1ccc(Cl)cc1. The van der Waals surface area contributed by atoms with Gasteiger partial charge < -0.3 is 14.8 Å². The van der Waals surface area contributed by atoms with E-state index in [4.69, 9.17) is 32.7 Å². The molecule has 1 saturated heterocycles. The van der Waals surface area contributed by atoms with Crippen LogP contribution in [0.4, 0.5) is 10.5 Å². The van der Waals surface area contributed by atoms with E-state index >= 15 is 0 Å². The Morgan fingerprint density at radius 1 is 1.12 bits per heavy atom. The highest BCUT2D eigenvalue weighted by molar-refractivity contribution is 9.10. The molecule has 3 amide bonds. The second kappa shape index (κ2) is 13.4. The van der Waals surface area contributed by atoms with Crippen molar-refractivity contribution in [3.63, 3.8) is 0 Å². The highest BCUT2D eigenvalue weighted by atomic mass is 79.9. The van der Waals surface area contributed by atoms with Gasteiger partial charge in [0.1, 0.15) is 13.2 Å². The Bertz CT molecular complexity index is 1510. The molecule has 0 bridgehead atoms. The first-order valence-electron chi connectivity index (χ1n) is 11.9. The Labute approximate surface area is 254 Å². The molecule has 1 aliphatic rings. The van der Waals surface area contributed by atoms with Crippen LogP contribution in [-0.4, -0.2) is 35.6 Å². The number of carbonyl (C=O) groups is 3. The summed E-state index contributed by atoms with van der Waals surface area (Å²) in [5.41, 5.74) is 2.80. The van der Waals surface area contributed by atoms with E-state index in [1.54, 1.807) is 48.6 Å². The minimum absolute atomic E-state index is 0.186. The molecule has 0 aliphatic carbocycles. The topological polar surface area (TPSA) is 84.9 Å². The predicted octanol–water partition coefficient (Wildman–Crippen LogP) is 7.75. The molecule has 1 aliphatic heterocycles. The minimum Gasteiger partial charge on any atom is -0.493 e. The van der Waals surface area contributed by atoms with Gasteiger partial charge in [-0.1, -0.05) is 41.4 Å². The van der Waals surface area contributed by atoms with Crippen molar-refractivity contribution in [1.29, 1.82) is 0 Å². The molecule has 206 valence electrons. The van der Waals surface area contributed by atoms with Gasteiger partial charge in [0.05, 0.1) is 17.0 Å². The lowest BCUT2D eigenvalue weighted by molar-refractivity contribution is -0.127. The Morgan fingerprint density at radius 3 is 2.55 bits per heavy atom. The van der Waals surface area contributed by atoms with Gasteiger partial charge in [0.15, 0.2) is 11.5 Å². The first-order valence-corrected chi connectivity index (χ1v) is 14.2. The normalized spacial score (nSPS) is 14.0. The van der Waals surface area contributed by atoms with Crippen molar-refractivity contribution in [1.82, 2.24) is 4.90 Å². The molecule has 1 heterocycles. The van der Waals surface area contributed by atoms with Crippen molar-refractivity contribution in [2.45, 2.75) is 13.0 Å². The number of amides is 3. The molecule has 3 aromatic rings. The molecule has 0 aromatic heterocycles. The van der Waals surface area contributed by atoms with E-state index in [2.05, 4.69) is 27.8 Å². The Kier molecular flexibility index (Phi) is 9.97. The number of nitrogens with zero attached hydrogens (tertiary/aromatic N) is 1. The van der Waals surface area contributed by atoms with E-state index in [-0.39, 0.29) is 4.91 Å². The zero-order chi connectivity index (χ0) is 28.8. The van der Waals surface area contributed by atoms with Gasteiger partial charge in [0.2, 0.25) is 5.91 Å². The number of hydrogen-bond donors (Lipinski definition) is 1. The summed E-state index contributed by atoms with van der Waals surface area (Å²) in [6, 6.07) is 15.8. The maximum Gasteiger partial charge on any atom is 0.294 e. The average molecular weight is 662 g/mol. The smallest absolute Gasteiger partial charge is 0.294 e. The van der Waals surface area contributed by atoms with Crippen LogP contribution in [0.1, 0.15) is 16.7 Å². The monoisotopic (exact) mass is 660 g/mol. The molecule has 0 atom stereocenters. The van der Waals surface area contributed by atoms with E-state index in [0.717, 1.165) is 27.8 Å². The lowest BCUT2D eigenvalue weighted by atomic mass is 10.0. The van der Waals surface area contributed by atoms with Crippen molar-refractivity contribution >= 4 is 79.7 Å². The van der Waals surface area contributed by atoms with Gasteiger partial charge in [-0.25, -0.2) is 0 Å². The summed E-state index contributed by atoms with van der Waals surface area (Å²) in [6.45, 7) is 3.69. The highest BCUT2D eigenvalue weighted by Crippen LogP contribution is 2.37. The van der Waals surface area contributed by atoms with E-state index in [9.17, 15) is 14.4 Å². The van der Waals surface area contributed by atoms with Crippen molar-refractivity contribution < 1.29 is 23.9 Å². The number of allylic oxidation sites excluding steroid dienone is 1. The van der Waals surface area contributed by atoms with Crippen LogP contribution in [0.2, 0.25) is 10.0 Å². The van der Waals surface area contributed by atoms with Gasteiger partial charge in [0, 0.05) is 20.7 Å². The molecule has 11 heteroatoms. The van der Waals surface area contributed by atoms with Crippen LogP contribution < -0.4 is 14.8 Å². The van der Waals surface area contributed by atoms with Gasteiger partial charge in [-0.2, -0.15) is 0 Å². The number of hydrogen-bond acceptors (Lipinski definition) is 6. The number of methoxy groups -OCH3 is 1. The first kappa shape index (κ1) is 29.7. The summed E-state index contributed by atoms with van der Waals surface area (Å²) in [7, 11) is 1.52. The number of thioether (sulfide) groups is 1. The van der Waals surface area contributed by atoms with Crippen LogP contribution in [0.15, 0.2) is 76.6 Å². The van der Waals surface area contributed by atoms with Crippen LogP contribution in [0.3, 0.4) is 0 Å². The maximum atomic E-state index is 13.0. The van der Waals surface area contributed by atoms with Gasteiger partial charge in [-0.05, 0) is 93.8 Å². The third-order valence-electron chi connectivity index (χ3n) is 5.71. The largest absolute Gasteiger partial charge is 0.493 e. The fourth-order valence-corrected chi connectivity index (χ4v) is 5.22. The molecule has 3 aromatic carbocycles. The lowest BCUT2D eigenvalue weighted by Crippen LogP contribution is -2.36. The van der Waals surface area contributed by atoms with E-state index in [0.29, 0.717) is 50.3 Å². The Balaban J connectivity index is 1.51. The fourth-order valence-electron chi connectivity index (χ4n) is 3.83. The third-order valence-corrected chi connectivity index (χ3v) is 8.10. The molecule has 7 nitrogen and oxygen atoms in total. The predicted molar refractivity (Wildman–Crippen MR) is 163 cm³/mol. The van der Waals surface area contributed by atoms with Gasteiger partial charge >= 0.3 is 0 Å². The molecule has 0 radical (unpaired) electrons. The number of ether oxygens (including phenoxy) is 2. The summed E-state index contributed by atoms with van der Waals surface area (Å²) in [4.78, 5) is 39.3. The average Bonchev–Trinajstić information content (AvgIpc) is 3.18. The van der Waals surface area contributed by atoms with E-state index in [1.807, 2.05) is 18.2 Å². The first-order chi connectivity index (χ1) is 19.2. The van der Waals surface area contributed by atoms with Crippen LogP contribution >= 0.6 is 50.9 Å². The van der Waals surface area contributed by atoms with Crippen molar-refractivity contribution in [2.24, 2.45) is 0 Å². The number of benzene rings is 3. The molecule has 4 rings (SSSR count). The number of anilines is 1. The van der Waals surface area contributed by atoms with Crippen molar-refractivity contribution in [3.8, 4) is 11.5 Å². The van der Waals surface area contributed by atoms with Crippen LogP contribution in [0.25, 0.3) is 6.08 Å². The van der Waals surface area contributed by atoms with Crippen LogP contribution in [0.5, 0.6) is 11.5 Å². The maximum absolute atomic E-state index is 13.0. The molecular weight excluding hydrogens is 639 g/mol. The highest BCUT2D eigenvalue weighted by Gasteiger charge is 2.36. The second-order valence-electron chi connectivity index (χ2n) is 8.56. The summed E-state index contributed by atoms with van der Waals surface area (Å²) in [5, 5.41) is 3.16. The number of rotatable bonds is 10. The number of carbonyl (C=O) groups excluding carboxylic acids is 3. The zero-order valence-corrected chi connectivity index (χ0v) is 25.1.